The minimum Gasteiger partial charge on any atom is -0.458 e. The topological polar surface area (TPSA) is 26.3 Å². The first kappa shape index (κ1) is 12.9. The minimum absolute atomic E-state index is 0.0109. The number of hydrogen-bond donors (Lipinski definition) is 0. The van der Waals surface area contributed by atoms with Gasteiger partial charge in [-0.2, -0.15) is 0 Å². The predicted molar refractivity (Wildman–Crippen MR) is 68.6 cm³/mol. The second kappa shape index (κ2) is 5.01. The van der Waals surface area contributed by atoms with E-state index in [9.17, 15) is 4.79 Å². The van der Waals surface area contributed by atoms with Crippen molar-refractivity contribution in [3.63, 3.8) is 0 Å². The maximum Gasteiger partial charge on any atom is 0.349 e. The summed E-state index contributed by atoms with van der Waals surface area (Å²) in [5, 5.41) is -0.0109. The third kappa shape index (κ3) is 2.85. The summed E-state index contributed by atoms with van der Waals surface area (Å²) in [4.78, 5) is 11.5. The van der Waals surface area contributed by atoms with Crippen molar-refractivity contribution in [2.24, 2.45) is 23.7 Å². The van der Waals surface area contributed by atoms with Crippen LogP contribution in [0.25, 0.3) is 0 Å². The fourth-order valence-corrected chi connectivity index (χ4v) is 3.83. The molecule has 0 aliphatic heterocycles. The Morgan fingerprint density at radius 3 is 2.59 bits per heavy atom. The van der Waals surface area contributed by atoms with E-state index in [1.165, 1.54) is 25.7 Å². The van der Waals surface area contributed by atoms with E-state index < -0.39 is 5.97 Å². The predicted octanol–water partition coefficient (Wildman–Crippen LogP) is 3.74. The molecule has 17 heavy (non-hydrogen) atoms. The summed E-state index contributed by atoms with van der Waals surface area (Å²) in [5.41, 5.74) is 0. The number of esters is 1. The number of halogens is 1. The van der Waals surface area contributed by atoms with E-state index in [-0.39, 0.29) is 11.1 Å². The van der Waals surface area contributed by atoms with Crippen molar-refractivity contribution >= 4 is 17.6 Å². The molecule has 2 aliphatic rings. The molecule has 2 aliphatic carbocycles. The van der Waals surface area contributed by atoms with Crippen LogP contribution in [-0.2, 0) is 9.53 Å². The van der Waals surface area contributed by atoms with Gasteiger partial charge in [0, 0.05) is 0 Å². The molecular formula is C14H21ClO2. The van der Waals surface area contributed by atoms with E-state index in [1.54, 1.807) is 0 Å². The van der Waals surface area contributed by atoms with Crippen LogP contribution in [0.1, 0.15) is 39.5 Å². The zero-order valence-corrected chi connectivity index (χ0v) is 11.4. The Balaban J connectivity index is 2.05. The summed E-state index contributed by atoms with van der Waals surface area (Å²) in [6.45, 7) is 7.92. The van der Waals surface area contributed by atoms with Gasteiger partial charge in [0.25, 0.3) is 0 Å². The largest absolute Gasteiger partial charge is 0.458 e. The highest BCUT2D eigenvalue weighted by Crippen LogP contribution is 2.46. The molecule has 0 N–H and O–H groups in total. The van der Waals surface area contributed by atoms with Crippen molar-refractivity contribution in [3.05, 3.63) is 11.6 Å². The molecule has 2 nitrogen and oxygen atoms in total. The molecule has 2 bridgehead atoms. The molecular weight excluding hydrogens is 236 g/mol. The van der Waals surface area contributed by atoms with Crippen LogP contribution < -0.4 is 0 Å². The Morgan fingerprint density at radius 1 is 1.24 bits per heavy atom. The van der Waals surface area contributed by atoms with Gasteiger partial charge in [-0.15, -0.1) is 0 Å². The lowest BCUT2D eigenvalue weighted by Crippen LogP contribution is -2.43. The standard InChI is InChI=1S/C14H21ClO2/c1-8-4-11-6-9(2)13(12(5-8)7-11)17-14(16)10(3)15/h8-9,11-13H,3-7H2,1-2H3. The molecule has 5 atom stereocenters. The molecule has 0 aromatic rings. The van der Waals surface area contributed by atoms with Gasteiger partial charge < -0.3 is 4.74 Å². The molecule has 0 saturated heterocycles. The maximum atomic E-state index is 11.5. The first-order chi connectivity index (χ1) is 7.97. The van der Waals surface area contributed by atoms with Crippen LogP contribution in [-0.4, -0.2) is 12.1 Å². The highest BCUT2D eigenvalue weighted by atomic mass is 35.5. The van der Waals surface area contributed by atoms with Crippen LogP contribution in [0.5, 0.6) is 0 Å². The number of fused-ring (bicyclic) bond motifs is 2. The molecule has 0 heterocycles. The lowest BCUT2D eigenvalue weighted by atomic mass is 9.64. The number of ether oxygens (including phenoxy) is 1. The summed E-state index contributed by atoms with van der Waals surface area (Å²) in [6.07, 6.45) is 4.93. The van der Waals surface area contributed by atoms with E-state index in [4.69, 9.17) is 16.3 Å². The molecule has 0 spiro atoms. The normalized spacial score (nSPS) is 40.8. The van der Waals surface area contributed by atoms with E-state index in [2.05, 4.69) is 20.4 Å². The van der Waals surface area contributed by atoms with Crippen molar-refractivity contribution in [3.8, 4) is 0 Å². The highest BCUT2D eigenvalue weighted by Gasteiger charge is 2.42. The maximum absolute atomic E-state index is 11.5. The van der Waals surface area contributed by atoms with Crippen molar-refractivity contribution in [2.45, 2.75) is 45.6 Å². The van der Waals surface area contributed by atoms with Gasteiger partial charge in [-0.25, -0.2) is 4.79 Å². The number of carbonyl (C=O) groups is 1. The first-order valence-corrected chi connectivity index (χ1v) is 6.90. The smallest absolute Gasteiger partial charge is 0.349 e. The molecule has 2 saturated carbocycles. The van der Waals surface area contributed by atoms with E-state index in [0.717, 1.165) is 11.8 Å². The van der Waals surface area contributed by atoms with Gasteiger partial charge in [0.05, 0.1) is 0 Å². The van der Waals surface area contributed by atoms with Crippen LogP contribution in [0.2, 0.25) is 0 Å². The van der Waals surface area contributed by atoms with Gasteiger partial charge in [-0.1, -0.05) is 32.0 Å². The van der Waals surface area contributed by atoms with Crippen molar-refractivity contribution in [1.82, 2.24) is 0 Å². The molecule has 2 rings (SSSR count). The monoisotopic (exact) mass is 256 g/mol. The highest BCUT2D eigenvalue weighted by molar-refractivity contribution is 6.40. The average Bonchev–Trinajstić information content (AvgIpc) is 2.22. The molecule has 2 fully saturated rings. The first-order valence-electron chi connectivity index (χ1n) is 6.52. The van der Waals surface area contributed by atoms with E-state index in [1.807, 2.05) is 0 Å². The Morgan fingerprint density at radius 2 is 1.94 bits per heavy atom. The summed E-state index contributed by atoms with van der Waals surface area (Å²) in [7, 11) is 0. The lowest BCUT2D eigenvalue weighted by Gasteiger charge is -2.45. The Bertz CT molecular complexity index is 322. The number of rotatable bonds is 2. The Hall–Kier alpha value is -0.500. The van der Waals surface area contributed by atoms with Crippen LogP contribution in [0.3, 0.4) is 0 Å². The molecule has 0 aromatic heterocycles. The third-order valence-electron chi connectivity index (χ3n) is 4.27. The molecule has 0 radical (unpaired) electrons. The summed E-state index contributed by atoms with van der Waals surface area (Å²) in [5.74, 6) is 2.11. The van der Waals surface area contributed by atoms with Crippen molar-refractivity contribution in [2.75, 3.05) is 0 Å². The minimum atomic E-state index is -0.444. The summed E-state index contributed by atoms with van der Waals surface area (Å²) < 4.78 is 5.53. The van der Waals surface area contributed by atoms with Crippen LogP contribution in [0.15, 0.2) is 11.6 Å². The summed E-state index contributed by atoms with van der Waals surface area (Å²) in [6, 6.07) is 0. The second-order valence-corrected chi connectivity index (χ2v) is 6.38. The summed E-state index contributed by atoms with van der Waals surface area (Å²) >= 11 is 5.59. The van der Waals surface area contributed by atoms with E-state index in [0.29, 0.717) is 11.8 Å². The molecule has 96 valence electrons. The van der Waals surface area contributed by atoms with Gasteiger partial charge in [0.15, 0.2) is 0 Å². The Labute approximate surface area is 108 Å². The SMILES string of the molecule is C=C(Cl)C(=O)OC1C(C)CC2CC(C)CC1C2. The lowest BCUT2D eigenvalue weighted by molar-refractivity contribution is -0.155. The van der Waals surface area contributed by atoms with Gasteiger partial charge >= 0.3 is 5.97 Å². The van der Waals surface area contributed by atoms with Gasteiger partial charge in [0.2, 0.25) is 0 Å². The molecule has 5 unspecified atom stereocenters. The Kier molecular flexibility index (Phi) is 3.82. The average molecular weight is 257 g/mol. The number of hydrogen-bond acceptors (Lipinski definition) is 2. The molecule has 3 heteroatoms. The second-order valence-electron chi connectivity index (χ2n) is 5.93. The van der Waals surface area contributed by atoms with Crippen LogP contribution in [0.4, 0.5) is 0 Å². The zero-order chi connectivity index (χ0) is 12.6. The van der Waals surface area contributed by atoms with Gasteiger partial charge in [0.1, 0.15) is 11.1 Å². The van der Waals surface area contributed by atoms with Crippen LogP contribution in [0, 0.1) is 23.7 Å². The quantitative estimate of drug-likeness (QED) is 0.556. The molecule has 0 aromatic carbocycles. The van der Waals surface area contributed by atoms with Crippen LogP contribution >= 0.6 is 11.6 Å². The number of carbonyl (C=O) groups excluding carboxylic acids is 1. The third-order valence-corrected chi connectivity index (χ3v) is 4.43. The molecule has 0 amide bonds. The fraction of sp³-hybridized carbons (Fsp3) is 0.786. The van der Waals surface area contributed by atoms with Gasteiger partial charge in [-0.3, -0.25) is 0 Å². The zero-order valence-electron chi connectivity index (χ0n) is 10.6. The fourth-order valence-electron chi connectivity index (χ4n) is 3.79. The van der Waals surface area contributed by atoms with Crippen molar-refractivity contribution < 1.29 is 9.53 Å². The van der Waals surface area contributed by atoms with Gasteiger partial charge in [-0.05, 0) is 49.4 Å². The van der Waals surface area contributed by atoms with E-state index >= 15 is 0 Å². The van der Waals surface area contributed by atoms with Crippen molar-refractivity contribution in [1.29, 1.82) is 0 Å².